The fourth-order valence-corrected chi connectivity index (χ4v) is 1.49. The molecule has 1 amide bonds. The summed E-state index contributed by atoms with van der Waals surface area (Å²) in [6.45, 7) is 4.11. The Hall–Kier alpha value is -1.52. The van der Waals surface area contributed by atoms with Crippen LogP contribution in [-0.2, 0) is 0 Å². The Labute approximate surface area is 83.1 Å². The lowest BCUT2D eigenvalue weighted by Crippen LogP contribution is -2.16. The number of nitrogens with two attached hydrogens (primary N) is 2. The number of aromatic nitrogens is 2. The molecular weight excluding hydrogens is 180 g/mol. The molecule has 5 nitrogen and oxygen atoms in total. The average molecular weight is 196 g/mol. The van der Waals surface area contributed by atoms with Gasteiger partial charge in [-0.15, -0.1) is 0 Å². The van der Waals surface area contributed by atoms with E-state index in [4.69, 9.17) is 11.5 Å². The summed E-state index contributed by atoms with van der Waals surface area (Å²) < 4.78 is 1.67. The van der Waals surface area contributed by atoms with Crippen LogP contribution in [0.15, 0.2) is 6.20 Å². The first-order valence-electron chi connectivity index (χ1n) is 4.74. The molecule has 0 aliphatic rings. The molecule has 0 spiro atoms. The molecule has 1 heterocycles. The van der Waals surface area contributed by atoms with Gasteiger partial charge < -0.3 is 11.5 Å². The van der Waals surface area contributed by atoms with E-state index in [1.807, 2.05) is 0 Å². The van der Waals surface area contributed by atoms with Crippen molar-refractivity contribution in [1.82, 2.24) is 9.78 Å². The highest BCUT2D eigenvalue weighted by atomic mass is 16.1. The van der Waals surface area contributed by atoms with Gasteiger partial charge in [-0.1, -0.05) is 13.8 Å². The lowest BCUT2D eigenvalue weighted by Gasteiger charge is -2.14. The van der Waals surface area contributed by atoms with Gasteiger partial charge in [0.1, 0.15) is 11.4 Å². The molecule has 5 heteroatoms. The zero-order valence-corrected chi connectivity index (χ0v) is 8.53. The second-order valence-electron chi connectivity index (χ2n) is 3.22. The molecule has 0 fully saturated rings. The molecule has 0 aliphatic heterocycles. The Morgan fingerprint density at radius 2 is 2.14 bits per heavy atom. The van der Waals surface area contributed by atoms with Crippen molar-refractivity contribution in [1.29, 1.82) is 0 Å². The first-order valence-corrected chi connectivity index (χ1v) is 4.74. The molecule has 0 aliphatic carbocycles. The van der Waals surface area contributed by atoms with Crippen LogP contribution in [0.4, 0.5) is 5.82 Å². The number of hydrogen-bond acceptors (Lipinski definition) is 3. The number of carbonyl (C=O) groups is 1. The summed E-state index contributed by atoms with van der Waals surface area (Å²) in [5, 5.41) is 4.07. The minimum atomic E-state index is -0.528. The lowest BCUT2D eigenvalue weighted by atomic mass is 10.2. The second kappa shape index (κ2) is 4.13. The maximum Gasteiger partial charge on any atom is 0.254 e. The van der Waals surface area contributed by atoms with Crippen molar-refractivity contribution in [2.24, 2.45) is 5.73 Å². The molecule has 0 bridgehead atoms. The molecule has 0 saturated carbocycles. The van der Waals surface area contributed by atoms with Crippen molar-refractivity contribution in [2.45, 2.75) is 32.7 Å². The highest BCUT2D eigenvalue weighted by Crippen LogP contribution is 2.20. The van der Waals surface area contributed by atoms with Crippen LogP contribution >= 0.6 is 0 Å². The Kier molecular flexibility index (Phi) is 3.11. The van der Waals surface area contributed by atoms with E-state index in [0.717, 1.165) is 12.8 Å². The Balaban J connectivity index is 3.05. The van der Waals surface area contributed by atoms with Gasteiger partial charge in [-0.05, 0) is 12.8 Å². The third-order valence-corrected chi connectivity index (χ3v) is 2.39. The molecule has 78 valence electrons. The van der Waals surface area contributed by atoms with Gasteiger partial charge in [-0.3, -0.25) is 4.79 Å². The number of primary amides is 1. The topological polar surface area (TPSA) is 86.9 Å². The molecular formula is C9H16N4O. The van der Waals surface area contributed by atoms with Crippen molar-refractivity contribution >= 4 is 11.7 Å². The van der Waals surface area contributed by atoms with E-state index in [-0.39, 0.29) is 6.04 Å². The molecule has 1 aromatic rings. The third-order valence-electron chi connectivity index (χ3n) is 2.39. The summed E-state index contributed by atoms with van der Waals surface area (Å²) in [6, 6.07) is 0.239. The fourth-order valence-electron chi connectivity index (χ4n) is 1.49. The first kappa shape index (κ1) is 10.6. The Morgan fingerprint density at radius 3 is 2.50 bits per heavy atom. The number of amides is 1. The van der Waals surface area contributed by atoms with Gasteiger partial charge in [0, 0.05) is 0 Å². The number of anilines is 1. The van der Waals surface area contributed by atoms with Crippen molar-refractivity contribution in [3.63, 3.8) is 0 Å². The Bertz CT molecular complexity index is 328. The molecule has 0 unspecified atom stereocenters. The highest BCUT2D eigenvalue weighted by Gasteiger charge is 2.16. The van der Waals surface area contributed by atoms with E-state index in [2.05, 4.69) is 18.9 Å². The fraction of sp³-hybridized carbons (Fsp3) is 0.556. The summed E-state index contributed by atoms with van der Waals surface area (Å²) in [5.74, 6) is -0.161. The first-order chi connectivity index (χ1) is 6.61. The number of nitrogen functional groups attached to an aromatic ring is 1. The van der Waals surface area contributed by atoms with E-state index < -0.39 is 5.91 Å². The maximum absolute atomic E-state index is 10.9. The van der Waals surface area contributed by atoms with E-state index in [1.165, 1.54) is 6.20 Å². The molecule has 0 aromatic carbocycles. The van der Waals surface area contributed by atoms with Crippen LogP contribution in [0.2, 0.25) is 0 Å². The van der Waals surface area contributed by atoms with Crippen molar-refractivity contribution < 1.29 is 4.79 Å². The average Bonchev–Trinajstić information content (AvgIpc) is 2.51. The molecule has 0 radical (unpaired) electrons. The highest BCUT2D eigenvalue weighted by molar-refractivity contribution is 5.96. The van der Waals surface area contributed by atoms with Gasteiger partial charge in [-0.25, -0.2) is 4.68 Å². The Morgan fingerprint density at radius 1 is 1.57 bits per heavy atom. The summed E-state index contributed by atoms with van der Waals surface area (Å²) in [6.07, 6.45) is 3.29. The predicted octanol–water partition coefficient (Wildman–Crippen LogP) is 0.925. The largest absolute Gasteiger partial charge is 0.383 e. The molecule has 1 rings (SSSR count). The van der Waals surface area contributed by atoms with Gasteiger partial charge in [0.2, 0.25) is 0 Å². The predicted molar refractivity (Wildman–Crippen MR) is 54.8 cm³/mol. The quantitative estimate of drug-likeness (QED) is 0.750. The standard InChI is InChI=1S/C9H16N4O/c1-3-6(4-2)13-8(10)7(5-12-13)9(11)14/h5-6H,3-4,10H2,1-2H3,(H2,11,14). The van der Waals surface area contributed by atoms with Crippen LogP contribution in [0.5, 0.6) is 0 Å². The van der Waals surface area contributed by atoms with E-state index >= 15 is 0 Å². The normalized spacial score (nSPS) is 10.8. The van der Waals surface area contributed by atoms with Gasteiger partial charge in [-0.2, -0.15) is 5.10 Å². The number of hydrogen-bond donors (Lipinski definition) is 2. The maximum atomic E-state index is 10.9. The lowest BCUT2D eigenvalue weighted by molar-refractivity contribution is 0.100. The van der Waals surface area contributed by atoms with Gasteiger partial charge in [0.05, 0.1) is 12.2 Å². The van der Waals surface area contributed by atoms with Crippen LogP contribution in [0.3, 0.4) is 0 Å². The molecule has 0 atom stereocenters. The van der Waals surface area contributed by atoms with Crippen LogP contribution in [0.1, 0.15) is 43.1 Å². The number of carbonyl (C=O) groups excluding carboxylic acids is 1. The zero-order chi connectivity index (χ0) is 10.7. The summed E-state index contributed by atoms with van der Waals surface area (Å²) in [5.41, 5.74) is 11.2. The van der Waals surface area contributed by atoms with E-state index in [9.17, 15) is 4.79 Å². The van der Waals surface area contributed by atoms with Crippen LogP contribution in [-0.4, -0.2) is 15.7 Å². The van der Waals surface area contributed by atoms with E-state index in [1.54, 1.807) is 4.68 Å². The third kappa shape index (κ3) is 1.71. The SMILES string of the molecule is CCC(CC)n1ncc(C(N)=O)c1N. The van der Waals surface area contributed by atoms with Crippen LogP contribution < -0.4 is 11.5 Å². The minimum absolute atomic E-state index is 0.239. The molecule has 1 aromatic heterocycles. The summed E-state index contributed by atoms with van der Waals surface area (Å²) in [4.78, 5) is 10.9. The van der Waals surface area contributed by atoms with Crippen molar-refractivity contribution in [3.05, 3.63) is 11.8 Å². The van der Waals surface area contributed by atoms with Crippen molar-refractivity contribution in [2.75, 3.05) is 5.73 Å². The van der Waals surface area contributed by atoms with Gasteiger partial charge in [0.15, 0.2) is 0 Å². The number of rotatable bonds is 4. The van der Waals surface area contributed by atoms with Crippen LogP contribution in [0, 0.1) is 0 Å². The van der Waals surface area contributed by atoms with Gasteiger partial charge >= 0.3 is 0 Å². The molecule has 4 N–H and O–H groups in total. The van der Waals surface area contributed by atoms with E-state index in [0.29, 0.717) is 11.4 Å². The summed E-state index contributed by atoms with van der Waals surface area (Å²) in [7, 11) is 0. The molecule has 14 heavy (non-hydrogen) atoms. The monoisotopic (exact) mass is 196 g/mol. The van der Waals surface area contributed by atoms with Gasteiger partial charge in [0.25, 0.3) is 5.91 Å². The van der Waals surface area contributed by atoms with Crippen LogP contribution in [0.25, 0.3) is 0 Å². The second-order valence-corrected chi connectivity index (χ2v) is 3.22. The zero-order valence-electron chi connectivity index (χ0n) is 8.53. The smallest absolute Gasteiger partial charge is 0.254 e. The number of nitrogens with zero attached hydrogens (tertiary/aromatic N) is 2. The summed E-state index contributed by atoms with van der Waals surface area (Å²) >= 11 is 0. The molecule has 0 saturated heterocycles. The van der Waals surface area contributed by atoms with Crippen molar-refractivity contribution in [3.8, 4) is 0 Å². The minimum Gasteiger partial charge on any atom is -0.383 e.